The molecule has 0 N–H and O–H groups in total. The van der Waals surface area contributed by atoms with Gasteiger partial charge in [-0.2, -0.15) is 0 Å². The molecule has 0 fully saturated rings. The van der Waals surface area contributed by atoms with E-state index in [4.69, 9.17) is 0 Å². The normalized spacial score (nSPS) is 11.9. The molecule has 0 radical (unpaired) electrons. The summed E-state index contributed by atoms with van der Waals surface area (Å²) in [6.45, 7) is 2.20. The van der Waals surface area contributed by atoms with Gasteiger partial charge in [-0.05, 0) is 54.3 Å². The van der Waals surface area contributed by atoms with Crippen molar-refractivity contribution in [2.24, 2.45) is 0 Å². The highest BCUT2D eigenvalue weighted by molar-refractivity contribution is 6.26. The Labute approximate surface area is 214 Å². The lowest BCUT2D eigenvalue weighted by atomic mass is 10.0. The van der Waals surface area contributed by atoms with E-state index >= 15 is 0 Å². The fourth-order valence-corrected chi connectivity index (χ4v) is 6.24. The first kappa shape index (κ1) is 20.4. The molecule has 0 spiro atoms. The van der Waals surface area contributed by atoms with Crippen LogP contribution in [0.5, 0.6) is 0 Å². The van der Waals surface area contributed by atoms with E-state index in [0.29, 0.717) is 0 Å². The Hall–Kier alpha value is -4.82. The summed E-state index contributed by atoms with van der Waals surface area (Å²) in [5, 5.41) is 7.69. The molecule has 8 rings (SSSR count). The van der Waals surface area contributed by atoms with Crippen molar-refractivity contribution in [1.29, 1.82) is 0 Å². The Balaban J connectivity index is 1.65. The van der Waals surface area contributed by atoms with Crippen LogP contribution in [0.15, 0.2) is 127 Å². The molecule has 0 bridgehead atoms. The molecule has 0 saturated carbocycles. The fraction of sp³-hybridized carbons (Fsp3) is 0.0286. The molecule has 37 heavy (non-hydrogen) atoms. The number of hydrogen-bond acceptors (Lipinski definition) is 0. The number of aromatic nitrogens is 2. The quantitative estimate of drug-likeness (QED) is 0.237. The van der Waals surface area contributed by atoms with Gasteiger partial charge in [-0.3, -0.25) is 0 Å². The van der Waals surface area contributed by atoms with Crippen LogP contribution in [0.3, 0.4) is 0 Å². The van der Waals surface area contributed by atoms with Crippen LogP contribution in [-0.2, 0) is 0 Å². The van der Waals surface area contributed by atoms with E-state index in [1.54, 1.807) is 0 Å². The predicted molar refractivity (Wildman–Crippen MR) is 157 cm³/mol. The van der Waals surface area contributed by atoms with Crippen LogP contribution in [0.1, 0.15) is 5.56 Å². The molecule has 0 aliphatic heterocycles. The number of aryl methyl sites for hydroxylation is 1. The summed E-state index contributed by atoms with van der Waals surface area (Å²) in [6, 6.07) is 46.2. The third-order valence-corrected chi connectivity index (χ3v) is 7.84. The Morgan fingerprint density at radius 1 is 0.405 bits per heavy atom. The van der Waals surface area contributed by atoms with Crippen molar-refractivity contribution in [2.45, 2.75) is 6.92 Å². The van der Waals surface area contributed by atoms with Gasteiger partial charge in [0.15, 0.2) is 0 Å². The maximum absolute atomic E-state index is 2.50. The molecule has 2 heteroatoms. The van der Waals surface area contributed by atoms with Crippen molar-refractivity contribution in [3.05, 3.63) is 133 Å². The molecule has 0 saturated heterocycles. The Morgan fingerprint density at radius 3 is 1.81 bits per heavy atom. The monoisotopic (exact) mass is 472 g/mol. The zero-order chi connectivity index (χ0) is 24.5. The Morgan fingerprint density at radius 2 is 1.03 bits per heavy atom. The highest BCUT2D eigenvalue weighted by Gasteiger charge is 2.21. The van der Waals surface area contributed by atoms with Crippen LogP contribution in [0, 0.1) is 6.92 Å². The molecule has 0 aliphatic rings. The average Bonchev–Trinajstić information content (AvgIpc) is 3.47. The van der Waals surface area contributed by atoms with E-state index in [1.165, 1.54) is 71.3 Å². The standard InChI is InChI=1S/C35H24N2/c1-23-19-21-32(26-14-6-5-13-25(23)26)37-30-17-9-7-15-27(30)28-20-22-33-34(35(28)37)29-16-8-10-18-31(29)36(33)24-11-3-2-4-12-24/h2-22H,1H3. The average molecular weight is 473 g/mol. The first-order valence-corrected chi connectivity index (χ1v) is 12.8. The van der Waals surface area contributed by atoms with Crippen LogP contribution in [0.4, 0.5) is 0 Å². The topological polar surface area (TPSA) is 9.86 Å². The van der Waals surface area contributed by atoms with E-state index in [0.717, 1.165) is 0 Å². The second-order valence-electron chi connectivity index (χ2n) is 9.84. The molecule has 0 aliphatic carbocycles. The minimum Gasteiger partial charge on any atom is -0.309 e. The summed E-state index contributed by atoms with van der Waals surface area (Å²) in [6.07, 6.45) is 0. The molecule has 8 aromatic rings. The van der Waals surface area contributed by atoms with Crippen LogP contribution < -0.4 is 0 Å². The van der Waals surface area contributed by atoms with Gasteiger partial charge in [0.05, 0.1) is 27.8 Å². The minimum absolute atomic E-state index is 1.18. The summed E-state index contributed by atoms with van der Waals surface area (Å²) >= 11 is 0. The molecule has 174 valence electrons. The predicted octanol–water partition coefficient (Wildman–Crippen LogP) is 9.34. The third kappa shape index (κ3) is 2.75. The van der Waals surface area contributed by atoms with Gasteiger partial charge in [-0.25, -0.2) is 0 Å². The lowest BCUT2D eigenvalue weighted by molar-refractivity contribution is 1.18. The number of fused-ring (bicyclic) bond motifs is 8. The van der Waals surface area contributed by atoms with Crippen LogP contribution >= 0.6 is 0 Å². The lowest BCUT2D eigenvalue weighted by Crippen LogP contribution is -1.97. The molecule has 0 amide bonds. The highest BCUT2D eigenvalue weighted by Crippen LogP contribution is 2.42. The van der Waals surface area contributed by atoms with E-state index in [2.05, 4.69) is 143 Å². The van der Waals surface area contributed by atoms with Crippen LogP contribution in [0.2, 0.25) is 0 Å². The minimum atomic E-state index is 1.18. The van der Waals surface area contributed by atoms with Crippen molar-refractivity contribution >= 4 is 54.4 Å². The number of para-hydroxylation sites is 3. The van der Waals surface area contributed by atoms with E-state index < -0.39 is 0 Å². The summed E-state index contributed by atoms with van der Waals surface area (Å²) in [7, 11) is 0. The van der Waals surface area contributed by atoms with Gasteiger partial charge in [0.1, 0.15) is 0 Å². The zero-order valence-corrected chi connectivity index (χ0v) is 20.5. The SMILES string of the molecule is Cc1ccc(-n2c3ccccc3c3ccc4c(c5ccccc5n4-c4ccccc4)c32)c2ccccc12. The van der Waals surface area contributed by atoms with Crippen LogP contribution in [0.25, 0.3) is 65.8 Å². The maximum atomic E-state index is 2.50. The highest BCUT2D eigenvalue weighted by atomic mass is 15.0. The number of hydrogen-bond donors (Lipinski definition) is 0. The van der Waals surface area contributed by atoms with Gasteiger partial charge in [0.25, 0.3) is 0 Å². The Bertz CT molecular complexity index is 2140. The van der Waals surface area contributed by atoms with Gasteiger partial charge in [0, 0.05) is 32.6 Å². The Kier molecular flexibility index (Phi) is 4.18. The summed E-state index contributed by atoms with van der Waals surface area (Å²) in [4.78, 5) is 0. The molecular weight excluding hydrogens is 448 g/mol. The van der Waals surface area contributed by atoms with E-state index in [9.17, 15) is 0 Å². The molecule has 2 heterocycles. The molecule has 2 nitrogen and oxygen atoms in total. The number of rotatable bonds is 2. The molecular formula is C35H24N2. The van der Waals surface area contributed by atoms with Crippen molar-refractivity contribution in [2.75, 3.05) is 0 Å². The maximum Gasteiger partial charge on any atom is 0.0641 e. The summed E-state index contributed by atoms with van der Waals surface area (Å²) < 4.78 is 4.90. The summed E-state index contributed by atoms with van der Waals surface area (Å²) in [5.41, 5.74) is 8.63. The van der Waals surface area contributed by atoms with Crippen molar-refractivity contribution < 1.29 is 0 Å². The molecule has 2 aromatic heterocycles. The second kappa shape index (κ2) is 7.59. The third-order valence-electron chi connectivity index (χ3n) is 7.84. The van der Waals surface area contributed by atoms with Crippen molar-refractivity contribution in [1.82, 2.24) is 9.13 Å². The lowest BCUT2D eigenvalue weighted by Gasteiger charge is -2.14. The fourth-order valence-electron chi connectivity index (χ4n) is 6.24. The summed E-state index contributed by atoms with van der Waals surface area (Å²) in [5.74, 6) is 0. The van der Waals surface area contributed by atoms with Crippen molar-refractivity contribution in [3.63, 3.8) is 0 Å². The second-order valence-corrected chi connectivity index (χ2v) is 9.84. The smallest absolute Gasteiger partial charge is 0.0641 e. The first-order valence-electron chi connectivity index (χ1n) is 12.8. The molecule has 6 aromatic carbocycles. The van der Waals surface area contributed by atoms with E-state index in [1.807, 2.05) is 0 Å². The van der Waals surface area contributed by atoms with Crippen molar-refractivity contribution in [3.8, 4) is 11.4 Å². The molecule has 0 unspecified atom stereocenters. The zero-order valence-electron chi connectivity index (χ0n) is 20.5. The number of nitrogens with zero attached hydrogens (tertiary/aromatic N) is 2. The molecule has 0 atom stereocenters. The van der Waals surface area contributed by atoms with Gasteiger partial charge in [-0.1, -0.05) is 91.0 Å². The van der Waals surface area contributed by atoms with Gasteiger partial charge >= 0.3 is 0 Å². The van der Waals surface area contributed by atoms with Crippen LogP contribution in [-0.4, -0.2) is 9.13 Å². The van der Waals surface area contributed by atoms with Gasteiger partial charge in [0.2, 0.25) is 0 Å². The first-order chi connectivity index (χ1) is 18.3. The van der Waals surface area contributed by atoms with Gasteiger partial charge < -0.3 is 9.13 Å². The largest absolute Gasteiger partial charge is 0.309 e. The van der Waals surface area contributed by atoms with E-state index in [-0.39, 0.29) is 0 Å². The van der Waals surface area contributed by atoms with Gasteiger partial charge in [-0.15, -0.1) is 0 Å². The number of benzene rings is 6.